The fraction of sp³-hybridized carbons (Fsp3) is 0.0588. The molecule has 0 aliphatic heterocycles. The number of hydrogen-bond donors (Lipinski definition) is 1. The highest BCUT2D eigenvalue weighted by Crippen LogP contribution is 2.30. The number of imidazole rings is 1. The Morgan fingerprint density at radius 2 is 2.05 bits per heavy atom. The Balaban J connectivity index is 1.80. The third-order valence-corrected chi connectivity index (χ3v) is 4.64. The summed E-state index contributed by atoms with van der Waals surface area (Å²) in [5.74, 6) is 0. The molecule has 0 unspecified atom stereocenters. The van der Waals surface area contributed by atoms with Crippen molar-refractivity contribution in [2.75, 3.05) is 0 Å². The van der Waals surface area contributed by atoms with Gasteiger partial charge < -0.3 is 5.32 Å². The van der Waals surface area contributed by atoms with Crippen molar-refractivity contribution in [3.05, 3.63) is 60.3 Å². The number of benzene rings is 2. The van der Waals surface area contributed by atoms with Crippen LogP contribution in [0.15, 0.2) is 54.7 Å². The Labute approximate surface area is 131 Å². The van der Waals surface area contributed by atoms with Crippen LogP contribution in [0.4, 0.5) is 0 Å². The summed E-state index contributed by atoms with van der Waals surface area (Å²) < 4.78 is 3.30. The van der Waals surface area contributed by atoms with Crippen LogP contribution in [0.5, 0.6) is 0 Å². The number of nitrogens with zero attached hydrogens (tertiary/aromatic N) is 2. The van der Waals surface area contributed by atoms with Crippen LogP contribution >= 0.6 is 11.3 Å². The Morgan fingerprint density at radius 3 is 2.86 bits per heavy atom. The first-order valence-corrected chi connectivity index (χ1v) is 7.80. The van der Waals surface area contributed by atoms with E-state index in [0.717, 1.165) is 33.7 Å². The molecule has 0 saturated heterocycles. The summed E-state index contributed by atoms with van der Waals surface area (Å²) in [7, 11) is 0. The second kappa shape index (κ2) is 5.27. The molecule has 0 atom stereocenters. The number of carbonyl (C=O) groups is 1. The molecule has 4 aromatic rings. The number of nitrogens with one attached hydrogen (secondary N) is 1. The average molecular weight is 307 g/mol. The minimum atomic E-state index is 0.551. The number of carbonyl (C=O) groups excluding carboxylic acids is 1. The minimum absolute atomic E-state index is 0.551. The quantitative estimate of drug-likeness (QED) is 0.587. The molecule has 108 valence electrons. The van der Waals surface area contributed by atoms with Gasteiger partial charge in [0.1, 0.15) is 0 Å². The van der Waals surface area contributed by atoms with Gasteiger partial charge in [-0.3, -0.25) is 9.20 Å². The highest BCUT2D eigenvalue weighted by atomic mass is 32.1. The van der Waals surface area contributed by atoms with Crippen LogP contribution in [0.25, 0.3) is 26.4 Å². The normalized spacial score (nSPS) is 11.1. The van der Waals surface area contributed by atoms with E-state index in [1.54, 1.807) is 11.3 Å². The molecule has 22 heavy (non-hydrogen) atoms. The summed E-state index contributed by atoms with van der Waals surface area (Å²) in [6.45, 7) is 0.551. The maximum Gasteiger partial charge on any atom is 0.207 e. The third-order valence-electron chi connectivity index (χ3n) is 3.62. The van der Waals surface area contributed by atoms with Gasteiger partial charge in [-0.25, -0.2) is 4.98 Å². The molecule has 1 N–H and O–H groups in total. The number of fused-ring (bicyclic) bond motifs is 3. The molecule has 0 aliphatic carbocycles. The van der Waals surface area contributed by atoms with E-state index in [-0.39, 0.29) is 0 Å². The zero-order chi connectivity index (χ0) is 14.9. The van der Waals surface area contributed by atoms with Gasteiger partial charge in [0.2, 0.25) is 6.41 Å². The van der Waals surface area contributed by atoms with Crippen molar-refractivity contribution in [3.8, 4) is 11.3 Å². The summed E-state index contributed by atoms with van der Waals surface area (Å²) in [6.07, 6.45) is 2.80. The Morgan fingerprint density at radius 1 is 1.18 bits per heavy atom. The number of amides is 1. The summed E-state index contributed by atoms with van der Waals surface area (Å²) in [4.78, 5) is 16.1. The zero-order valence-corrected chi connectivity index (χ0v) is 12.5. The summed E-state index contributed by atoms with van der Waals surface area (Å²) in [6, 6.07) is 16.4. The summed E-state index contributed by atoms with van der Waals surface area (Å²) in [5.41, 5.74) is 4.34. The zero-order valence-electron chi connectivity index (χ0n) is 11.7. The number of rotatable bonds is 4. The summed E-state index contributed by atoms with van der Waals surface area (Å²) >= 11 is 1.66. The van der Waals surface area contributed by atoms with E-state index in [9.17, 15) is 4.79 Å². The molecule has 4 nitrogen and oxygen atoms in total. The lowest BCUT2D eigenvalue weighted by molar-refractivity contribution is -0.109. The first-order valence-electron chi connectivity index (χ1n) is 6.98. The lowest BCUT2D eigenvalue weighted by Gasteiger charge is -1.99. The average Bonchev–Trinajstić information content (AvgIpc) is 3.11. The largest absolute Gasteiger partial charge is 0.355 e. The van der Waals surface area contributed by atoms with Gasteiger partial charge in [0, 0.05) is 18.3 Å². The lowest BCUT2D eigenvalue weighted by atomic mass is 10.2. The molecule has 0 radical (unpaired) electrons. The number of aromatic nitrogens is 2. The van der Waals surface area contributed by atoms with Gasteiger partial charge in [0.15, 0.2) is 4.96 Å². The van der Waals surface area contributed by atoms with Crippen molar-refractivity contribution in [2.24, 2.45) is 0 Å². The van der Waals surface area contributed by atoms with Gasteiger partial charge >= 0.3 is 0 Å². The van der Waals surface area contributed by atoms with Crippen LogP contribution in [0.2, 0.25) is 0 Å². The van der Waals surface area contributed by atoms with Crippen molar-refractivity contribution < 1.29 is 4.79 Å². The smallest absolute Gasteiger partial charge is 0.207 e. The maximum absolute atomic E-state index is 10.4. The van der Waals surface area contributed by atoms with Crippen LogP contribution in [0.1, 0.15) is 5.56 Å². The first-order chi connectivity index (χ1) is 10.8. The Kier molecular flexibility index (Phi) is 3.12. The highest BCUT2D eigenvalue weighted by molar-refractivity contribution is 7.23. The van der Waals surface area contributed by atoms with E-state index in [1.807, 2.05) is 24.3 Å². The maximum atomic E-state index is 10.4. The van der Waals surface area contributed by atoms with E-state index in [4.69, 9.17) is 4.98 Å². The van der Waals surface area contributed by atoms with Gasteiger partial charge in [-0.15, -0.1) is 0 Å². The molecular formula is C17H13N3OS. The van der Waals surface area contributed by atoms with Crippen molar-refractivity contribution in [2.45, 2.75) is 6.54 Å². The van der Waals surface area contributed by atoms with E-state index in [1.165, 1.54) is 4.70 Å². The second-order valence-corrected chi connectivity index (χ2v) is 6.06. The van der Waals surface area contributed by atoms with Gasteiger partial charge in [-0.1, -0.05) is 47.7 Å². The Bertz CT molecular complexity index is 956. The van der Waals surface area contributed by atoms with Gasteiger partial charge in [0.05, 0.1) is 15.9 Å². The van der Waals surface area contributed by atoms with Gasteiger partial charge in [0.25, 0.3) is 0 Å². The molecule has 5 heteroatoms. The fourth-order valence-corrected chi connectivity index (χ4v) is 3.63. The van der Waals surface area contributed by atoms with E-state index < -0.39 is 0 Å². The molecule has 0 aliphatic rings. The van der Waals surface area contributed by atoms with E-state index in [0.29, 0.717) is 6.54 Å². The highest BCUT2D eigenvalue weighted by Gasteiger charge is 2.10. The molecular weight excluding hydrogens is 294 g/mol. The van der Waals surface area contributed by atoms with Crippen molar-refractivity contribution in [3.63, 3.8) is 0 Å². The van der Waals surface area contributed by atoms with Crippen LogP contribution in [0.3, 0.4) is 0 Å². The SMILES string of the molecule is O=CNCc1ccc2c(c1)sc1nc(-c3ccccc3)cn12. The fourth-order valence-electron chi connectivity index (χ4n) is 2.56. The second-order valence-electron chi connectivity index (χ2n) is 5.05. The van der Waals surface area contributed by atoms with E-state index >= 15 is 0 Å². The lowest BCUT2D eigenvalue weighted by Crippen LogP contribution is -2.09. The minimum Gasteiger partial charge on any atom is -0.355 e. The van der Waals surface area contributed by atoms with Crippen molar-refractivity contribution in [1.29, 1.82) is 0 Å². The monoisotopic (exact) mass is 307 g/mol. The van der Waals surface area contributed by atoms with Gasteiger partial charge in [-0.2, -0.15) is 0 Å². The molecule has 0 bridgehead atoms. The van der Waals surface area contributed by atoms with Crippen molar-refractivity contribution in [1.82, 2.24) is 14.7 Å². The molecule has 2 aromatic carbocycles. The topological polar surface area (TPSA) is 46.4 Å². The standard InChI is InChI=1S/C17H13N3OS/c21-11-18-9-12-6-7-15-16(8-12)22-17-19-14(10-20(15)17)13-4-2-1-3-5-13/h1-8,10-11H,9H2,(H,18,21). The molecule has 1 amide bonds. The number of thiazole rings is 1. The predicted octanol–water partition coefficient (Wildman–Crippen LogP) is 3.46. The summed E-state index contributed by atoms with van der Waals surface area (Å²) in [5, 5.41) is 2.69. The van der Waals surface area contributed by atoms with Crippen LogP contribution in [-0.2, 0) is 11.3 Å². The number of hydrogen-bond acceptors (Lipinski definition) is 3. The van der Waals surface area contributed by atoms with Gasteiger partial charge in [-0.05, 0) is 17.7 Å². The Hall–Kier alpha value is -2.66. The molecule has 2 heterocycles. The molecule has 4 rings (SSSR count). The van der Waals surface area contributed by atoms with Crippen molar-refractivity contribution >= 4 is 32.9 Å². The molecule has 0 saturated carbocycles. The molecule has 2 aromatic heterocycles. The first kappa shape index (κ1) is 13.0. The predicted molar refractivity (Wildman–Crippen MR) is 88.9 cm³/mol. The molecule has 0 spiro atoms. The third kappa shape index (κ3) is 2.16. The van der Waals surface area contributed by atoms with Crippen LogP contribution in [0, 0.1) is 0 Å². The van der Waals surface area contributed by atoms with E-state index in [2.05, 4.69) is 40.2 Å². The molecule has 0 fully saturated rings. The van der Waals surface area contributed by atoms with Crippen LogP contribution < -0.4 is 5.32 Å². The van der Waals surface area contributed by atoms with Crippen LogP contribution in [-0.4, -0.2) is 15.8 Å².